The predicted molar refractivity (Wildman–Crippen MR) is 84.8 cm³/mol. The monoisotopic (exact) mass is 297 g/mol. The van der Waals surface area contributed by atoms with Crippen LogP contribution in [0.2, 0.25) is 0 Å². The molecule has 0 bridgehead atoms. The van der Waals surface area contributed by atoms with Crippen molar-refractivity contribution in [2.24, 2.45) is 0 Å². The average molecular weight is 297 g/mol. The van der Waals surface area contributed by atoms with E-state index < -0.39 is 6.67 Å². The molecule has 0 spiro atoms. The largest absolute Gasteiger partial charge is 0.331 e. The summed E-state index contributed by atoms with van der Waals surface area (Å²) in [7, 11) is 0. The van der Waals surface area contributed by atoms with Crippen LogP contribution in [0.5, 0.6) is 0 Å². The van der Waals surface area contributed by atoms with Gasteiger partial charge in [0.25, 0.3) is 0 Å². The number of aromatic nitrogens is 2. The van der Waals surface area contributed by atoms with Gasteiger partial charge in [-0.25, -0.2) is 4.39 Å². The van der Waals surface area contributed by atoms with Gasteiger partial charge in [-0.2, -0.15) is 5.10 Å². The number of amides is 1. The number of carbonyl (C=O) groups excluding carboxylic acids is 1. The van der Waals surface area contributed by atoms with Crippen molar-refractivity contribution in [3.63, 3.8) is 0 Å². The Bertz CT molecular complexity index is 441. The van der Waals surface area contributed by atoms with E-state index in [2.05, 4.69) is 12.0 Å². The van der Waals surface area contributed by atoms with Crippen molar-refractivity contribution in [2.75, 3.05) is 13.2 Å². The number of fused-ring (bicyclic) bond motifs is 1. The molecule has 0 saturated heterocycles. The normalized spacial score (nSPS) is 13.0. The van der Waals surface area contributed by atoms with E-state index in [1.54, 1.807) is 4.90 Å². The van der Waals surface area contributed by atoms with Gasteiger partial charge in [0.2, 0.25) is 5.91 Å². The molecule has 0 fully saturated rings. The Balaban J connectivity index is 0.000000921. The molecule has 5 heteroatoms. The van der Waals surface area contributed by atoms with Crippen molar-refractivity contribution in [3.8, 4) is 0 Å². The summed E-state index contributed by atoms with van der Waals surface area (Å²) in [4.78, 5) is 13.4. The second kappa shape index (κ2) is 11.1. The summed E-state index contributed by atoms with van der Waals surface area (Å²) < 4.78 is 13.9. The van der Waals surface area contributed by atoms with Crippen molar-refractivity contribution in [1.82, 2.24) is 14.7 Å². The summed E-state index contributed by atoms with van der Waals surface area (Å²) >= 11 is 0. The zero-order valence-electron chi connectivity index (χ0n) is 13.9. The molecule has 21 heavy (non-hydrogen) atoms. The van der Waals surface area contributed by atoms with Crippen molar-refractivity contribution < 1.29 is 9.18 Å². The molecule has 0 atom stereocenters. The van der Waals surface area contributed by atoms with Crippen LogP contribution in [0.25, 0.3) is 0 Å². The molecule has 4 nitrogen and oxygen atoms in total. The number of aryl methyl sites for hydroxylation is 1. The van der Waals surface area contributed by atoms with Crippen molar-refractivity contribution >= 4 is 5.91 Å². The summed E-state index contributed by atoms with van der Waals surface area (Å²) in [6.45, 7) is 11.4. The predicted octanol–water partition coefficient (Wildman–Crippen LogP) is 3.37. The van der Waals surface area contributed by atoms with Crippen LogP contribution in [0.3, 0.4) is 0 Å². The van der Waals surface area contributed by atoms with Crippen LogP contribution >= 0.6 is 0 Å². The minimum Gasteiger partial charge on any atom is -0.331 e. The molecule has 0 N–H and O–H groups in total. The average Bonchev–Trinajstić information content (AvgIpc) is 2.98. The number of carbonyl (C=O) groups is 1. The third-order valence-electron chi connectivity index (χ3n) is 2.87. The standard InChI is InChI=1S/C12H16FN3O.2C2H6/c1-2-10-8-11-9-15(6-7-16(11)14-10)12(17)4-3-5-13;2*1-2/h3-4,8H,2,5-7,9H2,1H3;2*1-2H3/b4-3+;;. The van der Waals surface area contributed by atoms with Gasteiger partial charge >= 0.3 is 0 Å². The first-order chi connectivity index (χ1) is 10.2. The highest BCUT2D eigenvalue weighted by Gasteiger charge is 2.20. The summed E-state index contributed by atoms with van der Waals surface area (Å²) in [6.07, 6.45) is 3.44. The third kappa shape index (κ3) is 5.69. The van der Waals surface area contributed by atoms with E-state index in [1.807, 2.05) is 38.4 Å². The molecule has 1 aromatic heterocycles. The third-order valence-corrected chi connectivity index (χ3v) is 2.87. The van der Waals surface area contributed by atoms with Crippen LogP contribution in [0.15, 0.2) is 18.2 Å². The second-order valence-electron chi connectivity index (χ2n) is 4.02. The number of hydrogen-bond acceptors (Lipinski definition) is 2. The highest BCUT2D eigenvalue weighted by Crippen LogP contribution is 2.14. The lowest BCUT2D eigenvalue weighted by atomic mass is 10.2. The molecule has 0 aliphatic carbocycles. The van der Waals surface area contributed by atoms with Gasteiger partial charge in [0, 0.05) is 12.6 Å². The number of rotatable bonds is 3. The van der Waals surface area contributed by atoms with Crippen LogP contribution in [0.1, 0.15) is 46.0 Å². The maximum atomic E-state index is 11.9. The van der Waals surface area contributed by atoms with E-state index in [1.165, 1.54) is 12.2 Å². The summed E-state index contributed by atoms with van der Waals surface area (Å²) in [5.74, 6) is -0.131. The quantitative estimate of drug-likeness (QED) is 0.802. The molecule has 2 rings (SSSR count). The molecule has 1 aliphatic heterocycles. The number of allylic oxidation sites excluding steroid dienone is 1. The van der Waals surface area contributed by atoms with E-state index in [0.717, 1.165) is 17.8 Å². The summed E-state index contributed by atoms with van der Waals surface area (Å²) in [5.41, 5.74) is 2.10. The number of alkyl halides is 1. The maximum absolute atomic E-state index is 11.9. The molecular weight excluding hydrogens is 269 g/mol. The first-order valence-corrected chi connectivity index (χ1v) is 7.81. The number of halogens is 1. The lowest BCUT2D eigenvalue weighted by molar-refractivity contribution is -0.127. The fourth-order valence-electron chi connectivity index (χ4n) is 1.94. The van der Waals surface area contributed by atoms with Crippen LogP contribution < -0.4 is 0 Å². The van der Waals surface area contributed by atoms with Gasteiger partial charge in [0.05, 0.1) is 24.5 Å². The van der Waals surface area contributed by atoms with E-state index in [9.17, 15) is 9.18 Å². The van der Waals surface area contributed by atoms with E-state index in [-0.39, 0.29) is 5.91 Å². The van der Waals surface area contributed by atoms with Gasteiger partial charge in [0.15, 0.2) is 0 Å². The van der Waals surface area contributed by atoms with Crippen molar-refractivity contribution in [2.45, 2.75) is 54.1 Å². The zero-order valence-corrected chi connectivity index (χ0v) is 13.9. The fraction of sp³-hybridized carbons (Fsp3) is 0.625. The Labute approximate surface area is 127 Å². The molecule has 1 aliphatic rings. The molecule has 1 amide bonds. The topological polar surface area (TPSA) is 38.1 Å². The van der Waals surface area contributed by atoms with Gasteiger partial charge in [-0.3, -0.25) is 9.48 Å². The highest BCUT2D eigenvalue weighted by atomic mass is 19.1. The van der Waals surface area contributed by atoms with Crippen LogP contribution in [0, 0.1) is 0 Å². The van der Waals surface area contributed by atoms with Gasteiger partial charge < -0.3 is 4.90 Å². The van der Waals surface area contributed by atoms with Gasteiger partial charge in [-0.15, -0.1) is 0 Å². The molecule has 120 valence electrons. The Morgan fingerprint density at radius 2 is 2.00 bits per heavy atom. The Hall–Kier alpha value is -1.65. The SMILES string of the molecule is CC.CC.CCc1cc2n(n1)CCN(C(=O)/C=C/CF)C2. The van der Waals surface area contributed by atoms with Gasteiger partial charge in [-0.1, -0.05) is 34.6 Å². The number of hydrogen-bond donors (Lipinski definition) is 0. The van der Waals surface area contributed by atoms with Gasteiger partial charge in [0.1, 0.15) is 6.67 Å². The summed E-state index contributed by atoms with van der Waals surface area (Å²) in [5, 5.41) is 4.43. The van der Waals surface area contributed by atoms with Crippen LogP contribution in [-0.4, -0.2) is 33.8 Å². The molecule has 0 radical (unpaired) electrons. The Morgan fingerprint density at radius 1 is 1.33 bits per heavy atom. The Morgan fingerprint density at radius 3 is 2.57 bits per heavy atom. The van der Waals surface area contributed by atoms with Crippen molar-refractivity contribution in [1.29, 1.82) is 0 Å². The number of nitrogens with zero attached hydrogens (tertiary/aromatic N) is 3. The molecule has 0 saturated carbocycles. The fourth-order valence-corrected chi connectivity index (χ4v) is 1.94. The van der Waals surface area contributed by atoms with E-state index in [0.29, 0.717) is 19.6 Å². The molecule has 0 aromatic carbocycles. The molecular formula is C16H28FN3O. The lowest BCUT2D eigenvalue weighted by Crippen LogP contribution is -2.37. The van der Waals surface area contributed by atoms with E-state index >= 15 is 0 Å². The van der Waals surface area contributed by atoms with E-state index in [4.69, 9.17) is 0 Å². The minimum absolute atomic E-state index is 0.131. The smallest absolute Gasteiger partial charge is 0.246 e. The second-order valence-corrected chi connectivity index (χ2v) is 4.02. The molecule has 0 unspecified atom stereocenters. The molecule has 2 heterocycles. The maximum Gasteiger partial charge on any atom is 0.246 e. The minimum atomic E-state index is -0.600. The lowest BCUT2D eigenvalue weighted by Gasteiger charge is -2.26. The van der Waals surface area contributed by atoms with Gasteiger partial charge in [-0.05, 0) is 18.6 Å². The first kappa shape index (κ1) is 19.4. The zero-order chi connectivity index (χ0) is 16.3. The van der Waals surface area contributed by atoms with Crippen LogP contribution in [-0.2, 0) is 24.3 Å². The Kier molecular flexibility index (Phi) is 10.2. The first-order valence-electron chi connectivity index (χ1n) is 7.81. The van der Waals surface area contributed by atoms with Crippen molar-refractivity contribution in [3.05, 3.63) is 29.6 Å². The summed E-state index contributed by atoms with van der Waals surface area (Å²) in [6, 6.07) is 2.03. The molecule has 1 aromatic rings. The van der Waals surface area contributed by atoms with Crippen LogP contribution in [0.4, 0.5) is 4.39 Å². The highest BCUT2D eigenvalue weighted by molar-refractivity contribution is 5.87.